The molecule has 9 heteroatoms. The van der Waals surface area contributed by atoms with Crippen molar-refractivity contribution in [2.45, 2.75) is 6.54 Å². The third kappa shape index (κ3) is 2.97. The molecule has 0 atom stereocenters. The highest BCUT2D eigenvalue weighted by molar-refractivity contribution is 6.31. The van der Waals surface area contributed by atoms with Gasteiger partial charge in [0.2, 0.25) is 0 Å². The van der Waals surface area contributed by atoms with E-state index in [1.807, 2.05) is 0 Å². The number of halogens is 1. The van der Waals surface area contributed by atoms with E-state index in [2.05, 4.69) is 10.1 Å². The lowest BCUT2D eigenvalue weighted by atomic mass is 10.2. The average molecular weight is 333 g/mol. The molecule has 0 amide bonds. The van der Waals surface area contributed by atoms with Crippen LogP contribution in [0.2, 0.25) is 5.02 Å². The number of aromatic nitrogens is 3. The molecule has 2 aromatic heterocycles. The van der Waals surface area contributed by atoms with Crippen LogP contribution in [-0.2, 0) is 6.54 Å². The first kappa shape index (κ1) is 14.9. The molecular formula is C14H9ClN4O4. The minimum absolute atomic E-state index is 0.0728. The molecule has 0 spiro atoms. The van der Waals surface area contributed by atoms with E-state index in [1.165, 1.54) is 22.8 Å². The number of rotatable bonds is 4. The number of hydrogen-bond donors (Lipinski definition) is 0. The Hall–Kier alpha value is -3.00. The zero-order valence-corrected chi connectivity index (χ0v) is 12.3. The molecule has 0 N–H and O–H groups in total. The van der Waals surface area contributed by atoms with Gasteiger partial charge in [-0.05, 0) is 23.8 Å². The van der Waals surface area contributed by atoms with E-state index in [0.29, 0.717) is 17.0 Å². The molecule has 0 saturated carbocycles. The lowest BCUT2D eigenvalue weighted by Gasteiger charge is -2.06. The van der Waals surface area contributed by atoms with Crippen LogP contribution in [0.15, 0.2) is 52.0 Å². The lowest BCUT2D eigenvalue weighted by Crippen LogP contribution is -2.16. The van der Waals surface area contributed by atoms with Crippen LogP contribution in [0.25, 0.3) is 11.4 Å². The predicted molar refractivity (Wildman–Crippen MR) is 81.2 cm³/mol. The summed E-state index contributed by atoms with van der Waals surface area (Å²) in [6.07, 6.45) is 3.14. The third-order valence-corrected chi connectivity index (χ3v) is 3.53. The summed E-state index contributed by atoms with van der Waals surface area (Å²) in [6.45, 7) is 0.0728. The molecule has 3 rings (SSSR count). The van der Waals surface area contributed by atoms with Crippen molar-refractivity contribution in [3.63, 3.8) is 0 Å². The summed E-state index contributed by atoms with van der Waals surface area (Å²) in [5.74, 6) is -0.351. The molecule has 3 aromatic rings. The van der Waals surface area contributed by atoms with Crippen LogP contribution in [-0.4, -0.2) is 19.6 Å². The number of benzene rings is 1. The fourth-order valence-electron chi connectivity index (χ4n) is 2.06. The molecule has 0 aliphatic rings. The van der Waals surface area contributed by atoms with Crippen molar-refractivity contribution >= 4 is 17.3 Å². The second kappa shape index (κ2) is 6.01. The Morgan fingerprint density at radius 1 is 1.35 bits per heavy atom. The van der Waals surface area contributed by atoms with Crippen LogP contribution in [0, 0.1) is 10.1 Å². The van der Waals surface area contributed by atoms with Gasteiger partial charge in [-0.15, -0.1) is 0 Å². The number of non-ortho nitro benzene ring substituents is 1. The minimum Gasteiger partial charge on any atom is -0.295 e. The van der Waals surface area contributed by atoms with Gasteiger partial charge in [-0.2, -0.15) is 0 Å². The van der Waals surface area contributed by atoms with Crippen molar-refractivity contribution in [2.75, 3.05) is 0 Å². The van der Waals surface area contributed by atoms with E-state index >= 15 is 0 Å². The molecule has 0 saturated heterocycles. The zero-order valence-electron chi connectivity index (χ0n) is 11.5. The number of nitro benzene ring substituents is 1. The molecule has 0 bridgehead atoms. The van der Waals surface area contributed by atoms with E-state index < -0.39 is 10.7 Å². The van der Waals surface area contributed by atoms with Crippen molar-refractivity contribution in [1.29, 1.82) is 0 Å². The Morgan fingerprint density at radius 2 is 2.17 bits per heavy atom. The topological polar surface area (TPSA) is 104 Å². The second-order valence-electron chi connectivity index (χ2n) is 4.63. The van der Waals surface area contributed by atoms with E-state index in [4.69, 9.17) is 16.1 Å². The Bertz CT molecular complexity index is 920. The summed E-state index contributed by atoms with van der Waals surface area (Å²) in [5, 5.41) is 14.7. The maximum Gasteiger partial charge on any atom is 0.442 e. The summed E-state index contributed by atoms with van der Waals surface area (Å²) < 4.78 is 5.98. The summed E-state index contributed by atoms with van der Waals surface area (Å²) in [4.78, 5) is 26.0. The Balaban J connectivity index is 2.00. The van der Waals surface area contributed by atoms with Gasteiger partial charge < -0.3 is 0 Å². The van der Waals surface area contributed by atoms with Crippen LogP contribution in [0.5, 0.6) is 0 Å². The fraction of sp³-hybridized carbons (Fsp3) is 0.0714. The van der Waals surface area contributed by atoms with E-state index in [0.717, 1.165) is 0 Å². The van der Waals surface area contributed by atoms with Crippen molar-refractivity contribution in [1.82, 2.24) is 14.7 Å². The standard InChI is InChI=1S/C14H9ClN4O4/c15-12-6-11(19(21)22)4-3-10(12)8-18-13(17-23-14(18)20)9-2-1-5-16-7-9/h1-7H,8H2. The fourth-order valence-corrected chi connectivity index (χ4v) is 2.29. The van der Waals surface area contributed by atoms with Crippen LogP contribution >= 0.6 is 11.6 Å². The van der Waals surface area contributed by atoms with Gasteiger partial charge >= 0.3 is 5.76 Å². The van der Waals surface area contributed by atoms with Gasteiger partial charge in [0.1, 0.15) is 0 Å². The van der Waals surface area contributed by atoms with E-state index in [1.54, 1.807) is 24.5 Å². The molecule has 8 nitrogen and oxygen atoms in total. The first-order valence-electron chi connectivity index (χ1n) is 6.46. The minimum atomic E-state index is -0.654. The second-order valence-corrected chi connectivity index (χ2v) is 5.04. The van der Waals surface area contributed by atoms with Gasteiger partial charge in [0.25, 0.3) is 5.69 Å². The van der Waals surface area contributed by atoms with Gasteiger partial charge in [0, 0.05) is 30.1 Å². The normalized spacial score (nSPS) is 10.7. The van der Waals surface area contributed by atoms with Gasteiger partial charge in [-0.3, -0.25) is 24.2 Å². The predicted octanol–water partition coefficient (Wildman–Crippen LogP) is 2.51. The maximum atomic E-state index is 11.9. The molecule has 0 radical (unpaired) electrons. The Kier molecular flexibility index (Phi) is 3.90. The monoisotopic (exact) mass is 332 g/mol. The van der Waals surface area contributed by atoms with Crippen molar-refractivity contribution in [3.8, 4) is 11.4 Å². The quantitative estimate of drug-likeness (QED) is 0.537. The summed E-state index contributed by atoms with van der Waals surface area (Å²) in [5.41, 5.74) is 1.02. The first-order chi connectivity index (χ1) is 11.1. The Morgan fingerprint density at radius 3 is 2.83 bits per heavy atom. The van der Waals surface area contributed by atoms with Crippen LogP contribution in [0.4, 0.5) is 5.69 Å². The number of nitro groups is 1. The van der Waals surface area contributed by atoms with Crippen molar-refractivity contribution in [2.24, 2.45) is 0 Å². The highest BCUT2D eigenvalue weighted by atomic mass is 35.5. The SMILES string of the molecule is O=c1onc(-c2cccnc2)n1Cc1ccc([N+](=O)[O-])cc1Cl. The lowest BCUT2D eigenvalue weighted by molar-refractivity contribution is -0.384. The highest BCUT2D eigenvalue weighted by Gasteiger charge is 2.16. The van der Waals surface area contributed by atoms with Crippen molar-refractivity contribution < 1.29 is 9.45 Å². The molecular weight excluding hydrogens is 324 g/mol. The summed E-state index contributed by atoms with van der Waals surface area (Å²) >= 11 is 6.06. The summed E-state index contributed by atoms with van der Waals surface area (Å²) in [7, 11) is 0. The molecule has 0 unspecified atom stereocenters. The van der Waals surface area contributed by atoms with Crippen LogP contribution in [0.1, 0.15) is 5.56 Å². The largest absolute Gasteiger partial charge is 0.442 e. The average Bonchev–Trinajstić information content (AvgIpc) is 2.91. The maximum absolute atomic E-state index is 11.9. The van der Waals surface area contributed by atoms with Crippen molar-refractivity contribution in [3.05, 3.63) is 74.0 Å². The number of hydrogen-bond acceptors (Lipinski definition) is 6. The zero-order chi connectivity index (χ0) is 16.4. The van der Waals surface area contributed by atoms with Gasteiger partial charge in [0.15, 0.2) is 5.82 Å². The molecule has 0 aliphatic carbocycles. The highest BCUT2D eigenvalue weighted by Crippen LogP contribution is 2.24. The Labute approximate surface area is 134 Å². The number of pyridine rings is 1. The molecule has 116 valence electrons. The van der Waals surface area contributed by atoms with Crippen LogP contribution < -0.4 is 5.76 Å². The first-order valence-corrected chi connectivity index (χ1v) is 6.84. The third-order valence-electron chi connectivity index (χ3n) is 3.18. The number of nitrogens with zero attached hydrogens (tertiary/aromatic N) is 4. The molecule has 2 heterocycles. The summed E-state index contributed by atoms with van der Waals surface area (Å²) in [6, 6.07) is 7.49. The van der Waals surface area contributed by atoms with Crippen LogP contribution in [0.3, 0.4) is 0 Å². The van der Waals surface area contributed by atoms with E-state index in [9.17, 15) is 14.9 Å². The molecule has 0 aliphatic heterocycles. The van der Waals surface area contributed by atoms with Gasteiger partial charge in [-0.1, -0.05) is 16.8 Å². The molecule has 0 fully saturated rings. The van der Waals surface area contributed by atoms with E-state index in [-0.39, 0.29) is 17.3 Å². The van der Waals surface area contributed by atoms with Gasteiger partial charge in [0.05, 0.1) is 16.5 Å². The molecule has 23 heavy (non-hydrogen) atoms. The van der Waals surface area contributed by atoms with Gasteiger partial charge in [-0.25, -0.2) is 4.79 Å². The molecule has 1 aromatic carbocycles. The smallest absolute Gasteiger partial charge is 0.295 e.